The lowest BCUT2D eigenvalue weighted by molar-refractivity contribution is -0.0765. The molecular weight excluding hydrogens is 152 g/mol. The number of aliphatic hydroxyl groups is 2. The third kappa shape index (κ3) is 1.09. The van der Waals surface area contributed by atoms with E-state index in [1.54, 1.807) is 6.92 Å². The van der Waals surface area contributed by atoms with E-state index in [1.165, 1.54) is 0 Å². The van der Waals surface area contributed by atoms with E-state index < -0.39 is 11.7 Å². The molecule has 2 nitrogen and oxygen atoms in total. The lowest BCUT2D eigenvalue weighted by Gasteiger charge is -2.36. The van der Waals surface area contributed by atoms with Crippen molar-refractivity contribution in [2.45, 2.75) is 52.7 Å². The molecule has 0 heterocycles. The van der Waals surface area contributed by atoms with Crippen molar-refractivity contribution in [3.8, 4) is 0 Å². The Bertz CT molecular complexity index is 192. The number of hydrogen-bond donors (Lipinski definition) is 2. The van der Waals surface area contributed by atoms with Crippen LogP contribution in [0.4, 0.5) is 0 Å². The number of rotatable bonds is 0. The summed E-state index contributed by atoms with van der Waals surface area (Å²) in [6.07, 6.45) is 0.0359. The summed E-state index contributed by atoms with van der Waals surface area (Å²) < 4.78 is 0. The van der Waals surface area contributed by atoms with Crippen LogP contribution in [0.1, 0.15) is 41.0 Å². The Balaban J connectivity index is 3.05. The van der Waals surface area contributed by atoms with Gasteiger partial charge in [0.15, 0.2) is 0 Å². The molecule has 1 saturated carbocycles. The summed E-state index contributed by atoms with van der Waals surface area (Å²) in [7, 11) is 0. The van der Waals surface area contributed by atoms with E-state index in [-0.39, 0.29) is 10.8 Å². The third-order valence-corrected chi connectivity index (χ3v) is 3.82. The van der Waals surface area contributed by atoms with E-state index in [1.807, 2.05) is 13.8 Å². The Hall–Kier alpha value is -0.0800. The Morgan fingerprint density at radius 2 is 1.50 bits per heavy atom. The first kappa shape index (κ1) is 10.0. The fourth-order valence-corrected chi connectivity index (χ4v) is 2.37. The van der Waals surface area contributed by atoms with Gasteiger partial charge >= 0.3 is 0 Å². The fraction of sp³-hybridized carbons (Fsp3) is 1.00. The zero-order valence-corrected chi connectivity index (χ0v) is 8.68. The molecule has 0 aromatic rings. The maximum absolute atomic E-state index is 9.88. The van der Waals surface area contributed by atoms with Gasteiger partial charge in [-0.25, -0.2) is 0 Å². The maximum Gasteiger partial charge on any atom is 0.0888 e. The maximum atomic E-state index is 9.88. The highest BCUT2D eigenvalue weighted by molar-refractivity contribution is 5.08. The largest absolute Gasteiger partial charge is 0.390 e. The number of aliphatic hydroxyl groups excluding tert-OH is 1. The first-order valence-electron chi connectivity index (χ1n) is 4.52. The normalized spacial score (nSPS) is 44.8. The van der Waals surface area contributed by atoms with Crippen molar-refractivity contribution in [2.24, 2.45) is 10.8 Å². The Kier molecular flexibility index (Phi) is 1.86. The molecule has 0 aromatic carbocycles. The Labute approximate surface area is 74.6 Å². The molecule has 1 rings (SSSR count). The van der Waals surface area contributed by atoms with Gasteiger partial charge in [-0.1, -0.05) is 27.7 Å². The third-order valence-electron chi connectivity index (χ3n) is 3.82. The van der Waals surface area contributed by atoms with Gasteiger partial charge in [0.05, 0.1) is 11.7 Å². The molecule has 2 atom stereocenters. The van der Waals surface area contributed by atoms with Crippen molar-refractivity contribution in [1.29, 1.82) is 0 Å². The van der Waals surface area contributed by atoms with Crippen molar-refractivity contribution in [2.75, 3.05) is 0 Å². The number of hydrogen-bond acceptors (Lipinski definition) is 2. The first-order chi connectivity index (χ1) is 5.11. The minimum absolute atomic E-state index is 0.00405. The molecule has 1 fully saturated rings. The van der Waals surface area contributed by atoms with E-state index in [9.17, 15) is 10.2 Å². The zero-order chi connectivity index (χ0) is 9.78. The van der Waals surface area contributed by atoms with Gasteiger partial charge in [-0.05, 0) is 24.2 Å². The molecule has 2 N–H and O–H groups in total. The van der Waals surface area contributed by atoms with Crippen LogP contribution in [-0.4, -0.2) is 21.9 Å². The van der Waals surface area contributed by atoms with Gasteiger partial charge in [0.2, 0.25) is 0 Å². The van der Waals surface area contributed by atoms with E-state index >= 15 is 0 Å². The molecule has 1 aliphatic rings. The van der Waals surface area contributed by atoms with Crippen molar-refractivity contribution in [3.05, 3.63) is 0 Å². The lowest BCUT2D eigenvalue weighted by Crippen LogP contribution is -2.42. The molecule has 0 aromatic heterocycles. The standard InChI is InChI=1S/C10H20O2/c1-8(2)6-10(5,12)7(11)9(8,3)4/h7,11-12H,6H2,1-5H3. The topological polar surface area (TPSA) is 40.5 Å². The summed E-state index contributed by atoms with van der Waals surface area (Å²) >= 11 is 0. The van der Waals surface area contributed by atoms with Crippen LogP contribution in [0.15, 0.2) is 0 Å². The van der Waals surface area contributed by atoms with Gasteiger partial charge in [-0.15, -0.1) is 0 Å². The van der Waals surface area contributed by atoms with Crippen LogP contribution in [0.2, 0.25) is 0 Å². The van der Waals surface area contributed by atoms with E-state index in [0.717, 1.165) is 0 Å². The lowest BCUT2D eigenvalue weighted by atomic mass is 9.70. The highest BCUT2D eigenvalue weighted by Gasteiger charge is 2.58. The Morgan fingerprint density at radius 1 is 1.08 bits per heavy atom. The second-order valence-corrected chi connectivity index (χ2v) is 5.54. The van der Waals surface area contributed by atoms with Crippen LogP contribution >= 0.6 is 0 Å². The second-order valence-electron chi connectivity index (χ2n) is 5.54. The molecule has 0 saturated heterocycles. The highest BCUT2D eigenvalue weighted by Crippen LogP contribution is 2.55. The van der Waals surface area contributed by atoms with Gasteiger partial charge < -0.3 is 10.2 Å². The van der Waals surface area contributed by atoms with Crippen molar-refractivity contribution < 1.29 is 10.2 Å². The molecule has 0 bridgehead atoms. The highest BCUT2D eigenvalue weighted by atomic mass is 16.3. The minimum atomic E-state index is -0.924. The molecule has 0 radical (unpaired) electrons. The molecule has 2 heteroatoms. The minimum Gasteiger partial charge on any atom is -0.390 e. The van der Waals surface area contributed by atoms with Crippen LogP contribution in [0, 0.1) is 10.8 Å². The first-order valence-corrected chi connectivity index (χ1v) is 4.52. The van der Waals surface area contributed by atoms with E-state index in [4.69, 9.17) is 0 Å². The summed E-state index contributed by atoms with van der Waals surface area (Å²) in [5, 5.41) is 19.8. The van der Waals surface area contributed by atoms with Crippen LogP contribution < -0.4 is 0 Å². The van der Waals surface area contributed by atoms with Gasteiger partial charge in [0, 0.05) is 0 Å². The molecule has 0 aliphatic heterocycles. The molecule has 1 aliphatic carbocycles. The summed E-state index contributed by atoms with van der Waals surface area (Å²) in [6.45, 7) is 9.93. The molecule has 72 valence electrons. The van der Waals surface area contributed by atoms with Crippen molar-refractivity contribution in [3.63, 3.8) is 0 Å². The van der Waals surface area contributed by atoms with Crippen LogP contribution in [0.25, 0.3) is 0 Å². The van der Waals surface area contributed by atoms with Crippen LogP contribution in [-0.2, 0) is 0 Å². The SMILES string of the molecule is CC1(O)CC(C)(C)C(C)(C)C1O. The quantitative estimate of drug-likeness (QED) is 0.582. The second kappa shape index (κ2) is 2.24. The molecule has 0 amide bonds. The van der Waals surface area contributed by atoms with Crippen LogP contribution in [0.3, 0.4) is 0 Å². The molecule has 0 spiro atoms. The smallest absolute Gasteiger partial charge is 0.0888 e. The fourth-order valence-electron chi connectivity index (χ4n) is 2.37. The predicted molar refractivity (Wildman–Crippen MR) is 48.8 cm³/mol. The van der Waals surface area contributed by atoms with Crippen molar-refractivity contribution in [1.82, 2.24) is 0 Å². The average molecular weight is 172 g/mol. The zero-order valence-electron chi connectivity index (χ0n) is 8.68. The van der Waals surface area contributed by atoms with Gasteiger partial charge in [0.1, 0.15) is 0 Å². The van der Waals surface area contributed by atoms with Crippen molar-refractivity contribution >= 4 is 0 Å². The molecule has 12 heavy (non-hydrogen) atoms. The van der Waals surface area contributed by atoms with E-state index in [0.29, 0.717) is 6.42 Å². The summed E-state index contributed by atoms with van der Waals surface area (Å²) in [5.74, 6) is 0. The van der Waals surface area contributed by atoms with Gasteiger partial charge in [-0.2, -0.15) is 0 Å². The van der Waals surface area contributed by atoms with E-state index in [2.05, 4.69) is 13.8 Å². The Morgan fingerprint density at radius 3 is 1.58 bits per heavy atom. The van der Waals surface area contributed by atoms with Gasteiger partial charge in [-0.3, -0.25) is 0 Å². The summed E-state index contributed by atoms with van der Waals surface area (Å²) in [4.78, 5) is 0. The monoisotopic (exact) mass is 172 g/mol. The summed E-state index contributed by atoms with van der Waals surface area (Å²) in [6, 6.07) is 0. The molecular formula is C10H20O2. The molecule has 2 unspecified atom stereocenters. The predicted octanol–water partition coefficient (Wildman–Crippen LogP) is 1.55. The van der Waals surface area contributed by atoms with Crippen LogP contribution in [0.5, 0.6) is 0 Å². The summed E-state index contributed by atoms with van der Waals surface area (Å²) in [5.41, 5.74) is -1.14. The van der Waals surface area contributed by atoms with Gasteiger partial charge in [0.25, 0.3) is 0 Å². The average Bonchev–Trinajstić information content (AvgIpc) is 1.90.